The molecular weight excluding hydrogens is 418 g/mol. The number of hydrogen-bond donors (Lipinski definition) is 2. The van der Waals surface area contributed by atoms with Gasteiger partial charge in [-0.15, -0.1) is 0 Å². The van der Waals surface area contributed by atoms with Gasteiger partial charge < -0.3 is 19.8 Å². The lowest BCUT2D eigenvalue weighted by atomic mass is 10.00. The standard InChI is InChI=1S/C26H33N3O4/c30-22-8-10-27(16-22)14-19-5-6-24-25(13-19)33-12-11-29(26(24)32)18-23(31)17-28-9-7-20-3-1-2-4-21(20)15-28/h1-6,13,22-23,30-31H,7-12,14-18H2. The monoisotopic (exact) mass is 451 g/mol. The molecule has 7 heteroatoms. The number of amides is 1. The molecule has 0 saturated carbocycles. The third-order valence-corrected chi connectivity index (χ3v) is 6.95. The number of β-amino-alcohol motifs (C(OH)–C–C–N with tert-alkyl or cyclic N) is 2. The number of aliphatic hydroxyl groups excluding tert-OH is 2. The van der Waals surface area contributed by atoms with E-state index in [1.54, 1.807) is 4.90 Å². The zero-order valence-electron chi connectivity index (χ0n) is 19.0. The van der Waals surface area contributed by atoms with Gasteiger partial charge in [0.1, 0.15) is 12.4 Å². The second kappa shape index (κ2) is 9.81. The first-order valence-electron chi connectivity index (χ1n) is 12.0. The van der Waals surface area contributed by atoms with E-state index < -0.39 is 6.10 Å². The highest BCUT2D eigenvalue weighted by molar-refractivity contribution is 5.97. The van der Waals surface area contributed by atoms with E-state index in [0.29, 0.717) is 44.1 Å². The highest BCUT2D eigenvalue weighted by Crippen LogP contribution is 2.26. The zero-order valence-corrected chi connectivity index (χ0v) is 19.0. The molecule has 3 aliphatic rings. The summed E-state index contributed by atoms with van der Waals surface area (Å²) in [5.74, 6) is 0.524. The van der Waals surface area contributed by atoms with Gasteiger partial charge in [-0.05, 0) is 41.7 Å². The largest absolute Gasteiger partial charge is 0.491 e. The van der Waals surface area contributed by atoms with Crippen LogP contribution >= 0.6 is 0 Å². The van der Waals surface area contributed by atoms with Crippen molar-refractivity contribution in [1.82, 2.24) is 14.7 Å². The fourth-order valence-corrected chi connectivity index (χ4v) is 5.21. The molecule has 33 heavy (non-hydrogen) atoms. The number of rotatable bonds is 6. The van der Waals surface area contributed by atoms with Crippen LogP contribution in [0.5, 0.6) is 5.75 Å². The van der Waals surface area contributed by atoms with Crippen molar-refractivity contribution in [3.8, 4) is 5.75 Å². The van der Waals surface area contributed by atoms with Gasteiger partial charge in [0.2, 0.25) is 0 Å². The Morgan fingerprint density at radius 2 is 1.88 bits per heavy atom. The predicted octanol–water partition coefficient (Wildman–Crippen LogP) is 1.51. The van der Waals surface area contributed by atoms with Crippen LogP contribution in [0, 0.1) is 0 Å². The number of ether oxygens (including phenoxy) is 1. The van der Waals surface area contributed by atoms with E-state index in [1.165, 1.54) is 11.1 Å². The number of likely N-dealkylation sites (tertiary alicyclic amines) is 1. The Labute approximate surface area is 195 Å². The molecule has 3 heterocycles. The normalized spacial score (nSPS) is 22.4. The topological polar surface area (TPSA) is 76.5 Å². The summed E-state index contributed by atoms with van der Waals surface area (Å²) in [6.45, 7) is 5.78. The van der Waals surface area contributed by atoms with Crippen molar-refractivity contribution < 1.29 is 19.7 Å². The van der Waals surface area contributed by atoms with E-state index >= 15 is 0 Å². The van der Waals surface area contributed by atoms with Gasteiger partial charge in [-0.3, -0.25) is 14.6 Å². The lowest BCUT2D eigenvalue weighted by Crippen LogP contribution is -2.44. The van der Waals surface area contributed by atoms with Gasteiger partial charge in [0, 0.05) is 45.8 Å². The molecule has 0 aromatic heterocycles. The molecule has 2 unspecified atom stereocenters. The maximum absolute atomic E-state index is 13.2. The highest BCUT2D eigenvalue weighted by Gasteiger charge is 2.27. The van der Waals surface area contributed by atoms with E-state index in [2.05, 4.69) is 34.1 Å². The summed E-state index contributed by atoms with van der Waals surface area (Å²) in [5.41, 5.74) is 4.34. The lowest BCUT2D eigenvalue weighted by molar-refractivity contribution is 0.0501. The third kappa shape index (κ3) is 5.22. The second-order valence-corrected chi connectivity index (χ2v) is 9.52. The number of fused-ring (bicyclic) bond motifs is 2. The van der Waals surface area contributed by atoms with E-state index in [0.717, 1.165) is 44.6 Å². The molecule has 0 spiro atoms. The Hall–Kier alpha value is -2.45. The van der Waals surface area contributed by atoms with Crippen LogP contribution in [0.1, 0.15) is 33.5 Å². The van der Waals surface area contributed by atoms with Crippen LogP contribution in [0.25, 0.3) is 0 Å². The summed E-state index contributed by atoms with van der Waals surface area (Å²) in [6.07, 6.45) is 0.942. The van der Waals surface area contributed by atoms with E-state index in [-0.39, 0.29) is 12.0 Å². The van der Waals surface area contributed by atoms with Gasteiger partial charge in [-0.25, -0.2) is 0 Å². The summed E-state index contributed by atoms with van der Waals surface area (Å²) in [7, 11) is 0. The predicted molar refractivity (Wildman–Crippen MR) is 125 cm³/mol. The Morgan fingerprint density at radius 1 is 1.03 bits per heavy atom. The fraction of sp³-hybridized carbons (Fsp3) is 0.500. The Bertz CT molecular complexity index is 997. The first-order valence-corrected chi connectivity index (χ1v) is 12.0. The van der Waals surface area contributed by atoms with Gasteiger partial charge in [-0.2, -0.15) is 0 Å². The van der Waals surface area contributed by atoms with Crippen molar-refractivity contribution in [2.24, 2.45) is 0 Å². The van der Waals surface area contributed by atoms with Crippen molar-refractivity contribution in [2.75, 3.05) is 45.9 Å². The number of carbonyl (C=O) groups is 1. The number of nitrogens with zero attached hydrogens (tertiary/aromatic N) is 3. The number of hydrogen-bond acceptors (Lipinski definition) is 6. The van der Waals surface area contributed by atoms with Crippen molar-refractivity contribution in [3.63, 3.8) is 0 Å². The minimum atomic E-state index is -0.610. The van der Waals surface area contributed by atoms with Gasteiger partial charge in [0.05, 0.1) is 24.3 Å². The van der Waals surface area contributed by atoms with Crippen LogP contribution in [0.15, 0.2) is 42.5 Å². The molecular formula is C26H33N3O4. The molecule has 2 N–H and O–H groups in total. The van der Waals surface area contributed by atoms with Crippen molar-refractivity contribution >= 4 is 5.91 Å². The third-order valence-electron chi connectivity index (χ3n) is 6.95. The van der Waals surface area contributed by atoms with E-state index in [1.807, 2.05) is 18.2 Å². The summed E-state index contributed by atoms with van der Waals surface area (Å²) in [5, 5.41) is 20.5. The lowest BCUT2D eigenvalue weighted by Gasteiger charge is -2.32. The molecule has 1 fully saturated rings. The summed E-state index contributed by atoms with van der Waals surface area (Å²) >= 11 is 0. The van der Waals surface area contributed by atoms with Gasteiger partial charge >= 0.3 is 0 Å². The first-order chi connectivity index (χ1) is 16.0. The molecule has 0 radical (unpaired) electrons. The number of benzene rings is 2. The van der Waals surface area contributed by atoms with E-state index in [9.17, 15) is 15.0 Å². The van der Waals surface area contributed by atoms with Crippen LogP contribution in [-0.4, -0.2) is 88.9 Å². The maximum Gasteiger partial charge on any atom is 0.257 e. The Morgan fingerprint density at radius 3 is 2.70 bits per heavy atom. The van der Waals surface area contributed by atoms with Crippen LogP contribution < -0.4 is 4.74 Å². The molecule has 176 valence electrons. The zero-order chi connectivity index (χ0) is 22.8. The molecule has 0 aliphatic carbocycles. The van der Waals surface area contributed by atoms with Gasteiger partial charge in [0.25, 0.3) is 5.91 Å². The Kier molecular flexibility index (Phi) is 6.64. The number of carbonyl (C=O) groups excluding carboxylic acids is 1. The molecule has 1 amide bonds. The first kappa shape index (κ1) is 22.3. The SMILES string of the molecule is O=C1c2ccc(CN3CCC(O)C3)cc2OCCN1CC(O)CN1CCc2ccccc2C1. The van der Waals surface area contributed by atoms with E-state index in [4.69, 9.17) is 4.74 Å². The molecule has 7 nitrogen and oxygen atoms in total. The second-order valence-electron chi connectivity index (χ2n) is 9.52. The van der Waals surface area contributed by atoms with Gasteiger partial charge in [-0.1, -0.05) is 30.3 Å². The van der Waals surface area contributed by atoms with Crippen LogP contribution in [0.4, 0.5) is 0 Å². The number of aliphatic hydroxyl groups is 2. The van der Waals surface area contributed by atoms with Crippen molar-refractivity contribution in [3.05, 3.63) is 64.7 Å². The maximum atomic E-state index is 13.2. The molecule has 0 bridgehead atoms. The average molecular weight is 452 g/mol. The van der Waals surface area contributed by atoms with Crippen molar-refractivity contribution in [2.45, 2.75) is 38.1 Å². The summed E-state index contributed by atoms with van der Waals surface area (Å²) in [4.78, 5) is 19.4. The van der Waals surface area contributed by atoms with Crippen molar-refractivity contribution in [1.29, 1.82) is 0 Å². The molecule has 2 aromatic rings. The van der Waals surface area contributed by atoms with Gasteiger partial charge in [0.15, 0.2) is 0 Å². The van der Waals surface area contributed by atoms with Crippen LogP contribution in [0.2, 0.25) is 0 Å². The summed E-state index contributed by atoms with van der Waals surface area (Å²) < 4.78 is 5.92. The van der Waals surface area contributed by atoms with Crippen LogP contribution in [0.3, 0.4) is 0 Å². The molecule has 3 aliphatic heterocycles. The Balaban J connectivity index is 1.19. The quantitative estimate of drug-likeness (QED) is 0.694. The molecule has 2 atom stereocenters. The molecule has 2 aromatic carbocycles. The molecule has 1 saturated heterocycles. The fourth-order valence-electron chi connectivity index (χ4n) is 5.21. The average Bonchev–Trinajstić information content (AvgIpc) is 3.15. The minimum Gasteiger partial charge on any atom is -0.491 e. The summed E-state index contributed by atoms with van der Waals surface area (Å²) in [6, 6.07) is 14.2. The smallest absolute Gasteiger partial charge is 0.257 e. The van der Waals surface area contributed by atoms with Crippen LogP contribution in [-0.2, 0) is 19.5 Å². The molecule has 5 rings (SSSR count). The highest BCUT2D eigenvalue weighted by atomic mass is 16.5. The minimum absolute atomic E-state index is 0.0892.